The van der Waals surface area contributed by atoms with Gasteiger partial charge in [-0.05, 0) is 23.8 Å². The average molecular weight is 288 g/mol. The van der Waals surface area contributed by atoms with Crippen LogP contribution in [-0.2, 0) is 0 Å². The summed E-state index contributed by atoms with van der Waals surface area (Å²) in [4.78, 5) is 12.1. The number of phenols is 4. The fourth-order valence-electron chi connectivity index (χ4n) is 2.32. The molecule has 6 nitrogen and oxygen atoms in total. The number of hydrogen-bond donors (Lipinski definition) is 4. The molecule has 3 rings (SSSR count). The van der Waals surface area contributed by atoms with Crippen LogP contribution >= 0.6 is 0 Å². The first kappa shape index (κ1) is 13.1. The van der Waals surface area contributed by atoms with Gasteiger partial charge in [0.05, 0.1) is 12.0 Å². The lowest BCUT2D eigenvalue weighted by atomic mass is 9.95. The van der Waals surface area contributed by atoms with Gasteiger partial charge < -0.3 is 25.2 Å². The van der Waals surface area contributed by atoms with E-state index in [1.165, 1.54) is 24.3 Å². The molecule has 0 fully saturated rings. The van der Waals surface area contributed by atoms with Crippen molar-refractivity contribution in [3.63, 3.8) is 0 Å². The van der Waals surface area contributed by atoms with Crippen molar-refractivity contribution in [2.24, 2.45) is 0 Å². The molecule has 1 atom stereocenters. The number of Topliss-reactive ketones (excluding diaryl/α,β-unsaturated/α-hetero) is 1. The topological polar surface area (TPSA) is 107 Å². The van der Waals surface area contributed by atoms with Gasteiger partial charge in [0.15, 0.2) is 28.8 Å². The molecule has 0 bridgehead atoms. The monoisotopic (exact) mass is 288 g/mol. The Labute approximate surface area is 119 Å². The number of ether oxygens (including phenoxy) is 1. The van der Waals surface area contributed by atoms with Gasteiger partial charge in [-0.25, -0.2) is 0 Å². The van der Waals surface area contributed by atoms with Crippen molar-refractivity contribution in [3.8, 4) is 28.7 Å². The highest BCUT2D eigenvalue weighted by Gasteiger charge is 2.30. The Balaban J connectivity index is 2.02. The van der Waals surface area contributed by atoms with Crippen molar-refractivity contribution in [1.29, 1.82) is 0 Å². The maximum atomic E-state index is 12.1. The second-order valence-corrected chi connectivity index (χ2v) is 4.82. The third kappa shape index (κ3) is 2.20. The summed E-state index contributed by atoms with van der Waals surface area (Å²) in [6.45, 7) is 0. The second kappa shape index (κ2) is 4.59. The fourth-order valence-corrected chi connectivity index (χ4v) is 2.32. The number of ketones is 1. The number of fused-ring (bicyclic) bond motifs is 1. The third-order valence-corrected chi connectivity index (χ3v) is 3.36. The summed E-state index contributed by atoms with van der Waals surface area (Å²) in [5.74, 6) is -1.42. The van der Waals surface area contributed by atoms with E-state index in [1.807, 2.05) is 0 Å². The molecule has 0 saturated heterocycles. The molecule has 108 valence electrons. The molecular weight excluding hydrogens is 276 g/mol. The first-order valence-corrected chi connectivity index (χ1v) is 6.23. The molecule has 4 N–H and O–H groups in total. The first-order chi connectivity index (χ1) is 9.95. The van der Waals surface area contributed by atoms with Gasteiger partial charge in [0, 0.05) is 6.07 Å². The molecule has 1 aliphatic rings. The predicted molar refractivity (Wildman–Crippen MR) is 71.9 cm³/mol. The Morgan fingerprint density at radius 2 is 1.71 bits per heavy atom. The van der Waals surface area contributed by atoms with Crippen LogP contribution in [0.25, 0.3) is 0 Å². The quantitative estimate of drug-likeness (QED) is 0.599. The van der Waals surface area contributed by atoms with E-state index < -0.39 is 6.10 Å². The van der Waals surface area contributed by atoms with E-state index in [2.05, 4.69) is 0 Å². The van der Waals surface area contributed by atoms with Crippen molar-refractivity contribution in [1.82, 2.24) is 0 Å². The largest absolute Gasteiger partial charge is 0.508 e. The number of carbonyl (C=O) groups excluding carboxylic acids is 1. The minimum atomic E-state index is -0.688. The van der Waals surface area contributed by atoms with Gasteiger partial charge in [0.25, 0.3) is 0 Å². The van der Waals surface area contributed by atoms with Gasteiger partial charge >= 0.3 is 0 Å². The lowest BCUT2D eigenvalue weighted by molar-refractivity contribution is 0.0841. The summed E-state index contributed by atoms with van der Waals surface area (Å²) in [6, 6.07) is 6.45. The van der Waals surface area contributed by atoms with E-state index in [0.29, 0.717) is 5.56 Å². The summed E-state index contributed by atoms with van der Waals surface area (Å²) in [5.41, 5.74) is 0.614. The van der Waals surface area contributed by atoms with E-state index in [-0.39, 0.29) is 46.5 Å². The Morgan fingerprint density at radius 3 is 2.43 bits per heavy atom. The van der Waals surface area contributed by atoms with Gasteiger partial charge in [-0.15, -0.1) is 0 Å². The van der Waals surface area contributed by atoms with Gasteiger partial charge in [-0.2, -0.15) is 0 Å². The van der Waals surface area contributed by atoms with Crippen LogP contribution in [0.3, 0.4) is 0 Å². The van der Waals surface area contributed by atoms with E-state index >= 15 is 0 Å². The Morgan fingerprint density at radius 1 is 0.952 bits per heavy atom. The van der Waals surface area contributed by atoms with Crippen LogP contribution in [-0.4, -0.2) is 26.2 Å². The van der Waals surface area contributed by atoms with E-state index in [1.54, 1.807) is 0 Å². The summed E-state index contributed by atoms with van der Waals surface area (Å²) in [5, 5.41) is 38.0. The molecule has 2 aromatic carbocycles. The molecule has 0 spiro atoms. The molecular formula is C15H12O6. The van der Waals surface area contributed by atoms with Crippen molar-refractivity contribution in [3.05, 3.63) is 41.5 Å². The predicted octanol–water partition coefficient (Wildman–Crippen LogP) is 2.22. The molecule has 2 aromatic rings. The van der Waals surface area contributed by atoms with E-state index in [0.717, 1.165) is 6.07 Å². The second-order valence-electron chi connectivity index (χ2n) is 4.82. The Kier molecular flexibility index (Phi) is 2.86. The maximum Gasteiger partial charge on any atom is 0.172 e. The van der Waals surface area contributed by atoms with Crippen molar-refractivity contribution < 1.29 is 30.0 Å². The number of phenolic OH excluding ortho intramolecular Hbond substituents is 4. The minimum absolute atomic E-state index is 0.000108. The molecule has 0 aliphatic carbocycles. The maximum absolute atomic E-state index is 12.1. The van der Waals surface area contributed by atoms with Crippen LogP contribution < -0.4 is 4.74 Å². The molecule has 1 heterocycles. The summed E-state index contributed by atoms with van der Waals surface area (Å²) < 4.78 is 5.59. The van der Waals surface area contributed by atoms with Crippen LogP contribution in [0.5, 0.6) is 28.7 Å². The van der Waals surface area contributed by atoms with Gasteiger partial charge in [0.1, 0.15) is 11.9 Å². The molecule has 21 heavy (non-hydrogen) atoms. The van der Waals surface area contributed by atoms with Crippen LogP contribution in [0, 0.1) is 0 Å². The van der Waals surface area contributed by atoms with Crippen molar-refractivity contribution in [2.75, 3.05) is 0 Å². The van der Waals surface area contributed by atoms with Crippen LogP contribution in [0.1, 0.15) is 28.4 Å². The summed E-state index contributed by atoms with van der Waals surface area (Å²) in [6.07, 6.45) is -0.688. The van der Waals surface area contributed by atoms with Gasteiger partial charge in [0.2, 0.25) is 0 Å². The Hall–Kier alpha value is -2.89. The van der Waals surface area contributed by atoms with Crippen LogP contribution in [0.4, 0.5) is 0 Å². The molecule has 1 aliphatic heterocycles. The molecule has 0 saturated carbocycles. The van der Waals surface area contributed by atoms with Crippen LogP contribution in [0.15, 0.2) is 30.3 Å². The number of aromatic hydroxyl groups is 4. The van der Waals surface area contributed by atoms with Gasteiger partial charge in [-0.1, -0.05) is 6.07 Å². The Bertz CT molecular complexity index is 737. The highest BCUT2D eigenvalue weighted by Crippen LogP contribution is 2.43. The minimum Gasteiger partial charge on any atom is -0.508 e. The fraction of sp³-hybridized carbons (Fsp3) is 0.133. The standard InChI is InChI=1S/C15H12O6/c16-8-4-9-11(18)6-14(21-15(9)13(20)5-8)7-1-2-10(17)12(19)3-7/h1-5,14,16-17,19-20H,6H2. The zero-order valence-corrected chi connectivity index (χ0v) is 10.8. The zero-order valence-electron chi connectivity index (χ0n) is 10.8. The molecule has 0 radical (unpaired) electrons. The number of hydrogen-bond acceptors (Lipinski definition) is 6. The van der Waals surface area contributed by atoms with Crippen molar-refractivity contribution in [2.45, 2.75) is 12.5 Å². The van der Waals surface area contributed by atoms with Gasteiger partial charge in [-0.3, -0.25) is 4.79 Å². The lowest BCUT2D eigenvalue weighted by Crippen LogP contribution is -2.20. The zero-order chi connectivity index (χ0) is 15.1. The number of benzene rings is 2. The molecule has 0 amide bonds. The average Bonchev–Trinajstić information content (AvgIpc) is 2.43. The van der Waals surface area contributed by atoms with Crippen LogP contribution in [0.2, 0.25) is 0 Å². The summed E-state index contributed by atoms with van der Waals surface area (Å²) in [7, 11) is 0. The molecule has 1 unspecified atom stereocenters. The first-order valence-electron chi connectivity index (χ1n) is 6.23. The molecule has 6 heteroatoms. The normalized spacial score (nSPS) is 17.1. The van der Waals surface area contributed by atoms with E-state index in [4.69, 9.17) is 4.74 Å². The highest BCUT2D eigenvalue weighted by molar-refractivity contribution is 6.01. The summed E-state index contributed by atoms with van der Waals surface area (Å²) >= 11 is 0. The SMILES string of the molecule is O=C1CC(c2ccc(O)c(O)c2)Oc2c(O)cc(O)cc21. The smallest absolute Gasteiger partial charge is 0.172 e. The number of rotatable bonds is 1. The molecule has 0 aromatic heterocycles. The number of carbonyl (C=O) groups is 1. The van der Waals surface area contributed by atoms with Crippen molar-refractivity contribution >= 4 is 5.78 Å². The van der Waals surface area contributed by atoms with E-state index in [9.17, 15) is 25.2 Å². The third-order valence-electron chi connectivity index (χ3n) is 3.36. The lowest BCUT2D eigenvalue weighted by Gasteiger charge is -2.26. The highest BCUT2D eigenvalue weighted by atomic mass is 16.5.